The molecule has 286 valence electrons. The fraction of sp³-hybridized carbons (Fsp3) is 0.950. The van der Waals surface area contributed by atoms with Gasteiger partial charge in [0, 0.05) is 26.1 Å². The third-order valence-corrected chi connectivity index (χ3v) is 9.13. The molecule has 2 N–H and O–H groups in total. The fourth-order valence-electron chi connectivity index (χ4n) is 6.11. The van der Waals surface area contributed by atoms with Crippen LogP contribution in [-0.2, 0) is 19.0 Å². The molecule has 0 amide bonds. The van der Waals surface area contributed by atoms with Crippen molar-refractivity contribution in [3.8, 4) is 0 Å². The van der Waals surface area contributed by atoms with E-state index in [1.807, 2.05) is 0 Å². The molecule has 0 aromatic carbocycles. The molecule has 0 bridgehead atoms. The average Bonchev–Trinajstić information content (AvgIpc) is 3.07. The highest BCUT2D eigenvalue weighted by atomic mass is 16.7. The number of hydrogen-bond acceptors (Lipinski definition) is 8. The first kappa shape index (κ1) is 46.6. The summed E-state index contributed by atoms with van der Waals surface area (Å²) in [5, 5.41) is 19.9. The van der Waals surface area contributed by atoms with Gasteiger partial charge in [-0.3, -0.25) is 4.79 Å². The molecular formula is C40H79NO7. The lowest BCUT2D eigenvalue weighted by Crippen LogP contribution is -2.34. The van der Waals surface area contributed by atoms with E-state index in [0.29, 0.717) is 45.4 Å². The second-order valence-electron chi connectivity index (χ2n) is 13.9. The molecule has 0 heterocycles. The minimum atomic E-state index is -0.604. The molecule has 0 aliphatic heterocycles. The van der Waals surface area contributed by atoms with E-state index in [9.17, 15) is 19.8 Å². The van der Waals surface area contributed by atoms with Gasteiger partial charge in [0.1, 0.15) is 6.10 Å². The SMILES string of the molecule is CCCCCCCCC(CCCCCCCC)OC(=O)CCCCCCCN(CCCO)CC(O)CCCCOC(=O)OCCCCC. The Morgan fingerprint density at radius 3 is 1.60 bits per heavy atom. The van der Waals surface area contributed by atoms with Gasteiger partial charge in [-0.15, -0.1) is 0 Å². The van der Waals surface area contributed by atoms with Gasteiger partial charge in [0.05, 0.1) is 19.3 Å². The molecule has 0 saturated heterocycles. The fourth-order valence-corrected chi connectivity index (χ4v) is 6.11. The van der Waals surface area contributed by atoms with Crippen LogP contribution in [0.1, 0.15) is 194 Å². The molecule has 0 rings (SSSR count). The molecule has 0 spiro atoms. The third kappa shape index (κ3) is 33.1. The van der Waals surface area contributed by atoms with Crippen molar-refractivity contribution in [1.29, 1.82) is 0 Å². The second-order valence-corrected chi connectivity index (χ2v) is 13.9. The summed E-state index contributed by atoms with van der Waals surface area (Å²) in [5.41, 5.74) is 0. The van der Waals surface area contributed by atoms with Crippen molar-refractivity contribution >= 4 is 12.1 Å². The van der Waals surface area contributed by atoms with E-state index in [2.05, 4.69) is 25.7 Å². The Kier molecular flexibility index (Phi) is 35.8. The first-order valence-corrected chi connectivity index (χ1v) is 20.5. The Morgan fingerprint density at radius 1 is 0.562 bits per heavy atom. The van der Waals surface area contributed by atoms with Gasteiger partial charge in [-0.25, -0.2) is 4.79 Å². The number of hydrogen-bond donors (Lipinski definition) is 2. The van der Waals surface area contributed by atoms with E-state index in [4.69, 9.17) is 14.2 Å². The minimum absolute atomic E-state index is 0.0185. The molecule has 0 aromatic rings. The predicted octanol–water partition coefficient (Wildman–Crippen LogP) is 10.3. The number of aliphatic hydroxyl groups is 2. The van der Waals surface area contributed by atoms with Gasteiger partial charge in [-0.05, 0) is 77.2 Å². The summed E-state index contributed by atoms with van der Waals surface area (Å²) in [7, 11) is 0. The molecule has 8 heteroatoms. The maximum Gasteiger partial charge on any atom is 0.508 e. The number of esters is 1. The Labute approximate surface area is 296 Å². The Balaban J connectivity index is 4.19. The van der Waals surface area contributed by atoms with Gasteiger partial charge >= 0.3 is 12.1 Å². The molecule has 0 radical (unpaired) electrons. The topological polar surface area (TPSA) is 106 Å². The van der Waals surface area contributed by atoms with Gasteiger partial charge in [-0.1, -0.05) is 117 Å². The van der Waals surface area contributed by atoms with E-state index < -0.39 is 12.3 Å². The van der Waals surface area contributed by atoms with Crippen LogP contribution in [0, 0.1) is 0 Å². The Bertz CT molecular complexity index is 676. The lowest BCUT2D eigenvalue weighted by molar-refractivity contribution is -0.150. The van der Waals surface area contributed by atoms with Crippen molar-refractivity contribution in [2.45, 2.75) is 206 Å². The smallest absolute Gasteiger partial charge is 0.462 e. The zero-order valence-electron chi connectivity index (χ0n) is 31.9. The Hall–Kier alpha value is -1.38. The minimum Gasteiger partial charge on any atom is -0.462 e. The summed E-state index contributed by atoms with van der Waals surface area (Å²) in [4.78, 5) is 26.5. The summed E-state index contributed by atoms with van der Waals surface area (Å²) in [6.07, 6.45) is 27.7. The summed E-state index contributed by atoms with van der Waals surface area (Å²) in [5.74, 6) is -0.0185. The maximum atomic E-state index is 12.7. The van der Waals surface area contributed by atoms with Gasteiger partial charge < -0.3 is 29.3 Å². The highest BCUT2D eigenvalue weighted by Gasteiger charge is 2.15. The van der Waals surface area contributed by atoms with Crippen molar-refractivity contribution in [3.05, 3.63) is 0 Å². The molecule has 48 heavy (non-hydrogen) atoms. The molecule has 0 saturated carbocycles. The largest absolute Gasteiger partial charge is 0.508 e. The molecule has 8 nitrogen and oxygen atoms in total. The highest BCUT2D eigenvalue weighted by Crippen LogP contribution is 2.18. The molecule has 1 unspecified atom stereocenters. The van der Waals surface area contributed by atoms with Crippen molar-refractivity contribution in [3.63, 3.8) is 0 Å². The summed E-state index contributed by atoms with van der Waals surface area (Å²) in [6, 6.07) is 0. The van der Waals surface area contributed by atoms with Crippen LogP contribution in [0.3, 0.4) is 0 Å². The number of nitrogens with zero attached hydrogens (tertiary/aromatic N) is 1. The summed E-state index contributed by atoms with van der Waals surface area (Å²) >= 11 is 0. The molecule has 0 aliphatic carbocycles. The van der Waals surface area contributed by atoms with Crippen LogP contribution in [-0.4, -0.2) is 78.9 Å². The first-order chi connectivity index (χ1) is 23.5. The number of unbranched alkanes of at least 4 members (excludes halogenated alkanes) is 17. The van der Waals surface area contributed by atoms with Gasteiger partial charge in [0.15, 0.2) is 0 Å². The monoisotopic (exact) mass is 686 g/mol. The van der Waals surface area contributed by atoms with Crippen molar-refractivity contribution < 1.29 is 34.0 Å². The van der Waals surface area contributed by atoms with Crippen LogP contribution in [0.4, 0.5) is 4.79 Å². The van der Waals surface area contributed by atoms with Crippen molar-refractivity contribution in [2.75, 3.05) is 39.5 Å². The van der Waals surface area contributed by atoms with Crippen LogP contribution >= 0.6 is 0 Å². The lowest BCUT2D eigenvalue weighted by Gasteiger charge is -2.25. The van der Waals surface area contributed by atoms with Crippen molar-refractivity contribution in [2.24, 2.45) is 0 Å². The predicted molar refractivity (Wildman–Crippen MR) is 198 cm³/mol. The van der Waals surface area contributed by atoms with Crippen LogP contribution in [0.2, 0.25) is 0 Å². The number of aliphatic hydroxyl groups excluding tert-OH is 2. The quantitative estimate of drug-likeness (QED) is 0.0492. The van der Waals surface area contributed by atoms with E-state index in [-0.39, 0.29) is 18.7 Å². The maximum absolute atomic E-state index is 12.7. The first-order valence-electron chi connectivity index (χ1n) is 20.5. The van der Waals surface area contributed by atoms with Gasteiger partial charge in [0.25, 0.3) is 0 Å². The zero-order chi connectivity index (χ0) is 35.3. The van der Waals surface area contributed by atoms with Crippen molar-refractivity contribution in [1.82, 2.24) is 4.90 Å². The number of carbonyl (C=O) groups excluding carboxylic acids is 2. The van der Waals surface area contributed by atoms with Crippen LogP contribution < -0.4 is 0 Å². The third-order valence-electron chi connectivity index (χ3n) is 9.13. The summed E-state index contributed by atoms with van der Waals surface area (Å²) < 4.78 is 16.1. The normalized spacial score (nSPS) is 12.1. The zero-order valence-corrected chi connectivity index (χ0v) is 31.9. The van der Waals surface area contributed by atoms with Crippen LogP contribution in [0.5, 0.6) is 0 Å². The van der Waals surface area contributed by atoms with Crippen LogP contribution in [0.25, 0.3) is 0 Å². The summed E-state index contributed by atoms with van der Waals surface area (Å²) in [6.45, 7) is 9.71. The lowest BCUT2D eigenvalue weighted by atomic mass is 10.0. The average molecular weight is 686 g/mol. The highest BCUT2D eigenvalue weighted by molar-refractivity contribution is 5.69. The molecule has 1 atom stereocenters. The molecular weight excluding hydrogens is 606 g/mol. The van der Waals surface area contributed by atoms with E-state index in [1.54, 1.807) is 0 Å². The van der Waals surface area contributed by atoms with Gasteiger partial charge in [-0.2, -0.15) is 0 Å². The van der Waals surface area contributed by atoms with Gasteiger partial charge in [0.2, 0.25) is 0 Å². The number of ether oxygens (including phenoxy) is 3. The second kappa shape index (κ2) is 36.9. The van der Waals surface area contributed by atoms with E-state index >= 15 is 0 Å². The Morgan fingerprint density at radius 2 is 1.02 bits per heavy atom. The standard InChI is InChI=1S/C40H79NO7/c1-4-7-10-12-15-19-28-38(29-20-16-13-11-8-5-2)48-39(44)30-21-17-14-18-23-31-41(32-26-33-42)36-37(43)27-22-25-35-47-40(45)46-34-24-9-6-3/h37-38,42-43H,4-36H2,1-3H3. The number of carbonyl (C=O) groups is 2. The number of rotatable bonds is 37. The molecule has 0 fully saturated rings. The molecule has 0 aromatic heterocycles. The molecule has 0 aliphatic rings. The van der Waals surface area contributed by atoms with Crippen LogP contribution in [0.15, 0.2) is 0 Å². The van der Waals surface area contributed by atoms with E-state index in [0.717, 1.165) is 96.6 Å². The van der Waals surface area contributed by atoms with E-state index in [1.165, 1.54) is 64.2 Å².